The van der Waals surface area contributed by atoms with Crippen molar-refractivity contribution < 1.29 is 4.79 Å². The molecule has 3 aromatic rings. The second kappa shape index (κ2) is 6.73. The molecule has 0 spiro atoms. The molecule has 3 N–H and O–H groups in total. The Hall–Kier alpha value is -2.60. The van der Waals surface area contributed by atoms with E-state index in [2.05, 4.69) is 47.3 Å². The van der Waals surface area contributed by atoms with Crippen molar-refractivity contribution in [2.45, 2.75) is 46.1 Å². The van der Waals surface area contributed by atoms with Crippen molar-refractivity contribution in [3.63, 3.8) is 0 Å². The fourth-order valence-corrected chi connectivity index (χ4v) is 4.76. The monoisotopic (exact) mass is 391 g/mol. The second-order valence-corrected chi connectivity index (χ2v) is 9.46. The first-order valence-electron chi connectivity index (χ1n) is 10.6. The van der Waals surface area contributed by atoms with Gasteiger partial charge in [0.15, 0.2) is 0 Å². The number of aromatic nitrogens is 3. The summed E-state index contributed by atoms with van der Waals surface area (Å²) in [6, 6.07) is 8.45. The Morgan fingerprint density at radius 1 is 1.28 bits per heavy atom. The van der Waals surface area contributed by atoms with E-state index in [0.717, 1.165) is 60.3 Å². The number of rotatable bonds is 2. The average Bonchev–Trinajstić information content (AvgIpc) is 3.29. The summed E-state index contributed by atoms with van der Waals surface area (Å²) in [5.74, 6) is 0.107. The molecule has 1 fully saturated rings. The molecule has 6 nitrogen and oxygen atoms in total. The highest BCUT2D eigenvalue weighted by molar-refractivity contribution is 5.99. The van der Waals surface area contributed by atoms with Crippen LogP contribution < -0.4 is 5.32 Å². The summed E-state index contributed by atoms with van der Waals surface area (Å²) in [5, 5.41) is 12.4. The van der Waals surface area contributed by atoms with E-state index in [9.17, 15) is 4.79 Å². The van der Waals surface area contributed by atoms with Gasteiger partial charge in [-0.25, -0.2) is 0 Å². The Morgan fingerprint density at radius 2 is 2.14 bits per heavy atom. The first kappa shape index (κ1) is 18.4. The number of carbonyl (C=O) groups excluding carboxylic acids is 1. The maximum absolute atomic E-state index is 12.9. The van der Waals surface area contributed by atoms with E-state index in [1.807, 2.05) is 23.1 Å². The van der Waals surface area contributed by atoms with Crippen LogP contribution in [0.15, 0.2) is 24.3 Å². The number of carbonyl (C=O) groups is 1. The Balaban J connectivity index is 1.45. The van der Waals surface area contributed by atoms with E-state index in [-0.39, 0.29) is 5.91 Å². The van der Waals surface area contributed by atoms with Gasteiger partial charge in [-0.2, -0.15) is 5.10 Å². The van der Waals surface area contributed by atoms with Gasteiger partial charge in [-0.1, -0.05) is 19.9 Å². The lowest BCUT2D eigenvalue weighted by atomic mass is 9.76. The third-order valence-corrected chi connectivity index (χ3v) is 6.44. The van der Waals surface area contributed by atoms with Gasteiger partial charge in [0.25, 0.3) is 5.91 Å². The summed E-state index contributed by atoms with van der Waals surface area (Å²) in [4.78, 5) is 18.4. The Kier molecular flexibility index (Phi) is 4.28. The zero-order valence-electron chi connectivity index (χ0n) is 17.4. The predicted octanol–water partition coefficient (Wildman–Crippen LogP) is 3.51. The maximum atomic E-state index is 12.9. The molecule has 1 amide bonds. The van der Waals surface area contributed by atoms with Crippen LogP contribution >= 0.6 is 0 Å². The van der Waals surface area contributed by atoms with Crippen LogP contribution in [0.4, 0.5) is 0 Å². The summed E-state index contributed by atoms with van der Waals surface area (Å²) in [6.07, 6.45) is 3.26. The van der Waals surface area contributed by atoms with Crippen LogP contribution in [0.3, 0.4) is 0 Å². The molecule has 1 aliphatic carbocycles. The zero-order chi connectivity index (χ0) is 20.2. The number of amides is 1. The van der Waals surface area contributed by atoms with Crippen molar-refractivity contribution >= 4 is 16.8 Å². The highest BCUT2D eigenvalue weighted by Gasteiger charge is 2.29. The summed E-state index contributed by atoms with van der Waals surface area (Å²) in [5.41, 5.74) is 6.70. The molecule has 3 heterocycles. The smallest absolute Gasteiger partial charge is 0.254 e. The molecule has 0 bridgehead atoms. The molecule has 0 saturated carbocycles. The van der Waals surface area contributed by atoms with Crippen LogP contribution in [0, 0.1) is 5.41 Å². The molecular weight excluding hydrogens is 362 g/mol. The molecule has 0 radical (unpaired) electrons. The number of hydrogen-bond acceptors (Lipinski definition) is 3. The highest BCUT2D eigenvalue weighted by Crippen LogP contribution is 2.38. The van der Waals surface area contributed by atoms with E-state index in [1.54, 1.807) is 0 Å². The third-order valence-electron chi connectivity index (χ3n) is 6.44. The van der Waals surface area contributed by atoms with Gasteiger partial charge in [0, 0.05) is 53.4 Å². The van der Waals surface area contributed by atoms with Crippen molar-refractivity contribution in [1.82, 2.24) is 25.4 Å². The number of hydrogen-bond donors (Lipinski definition) is 3. The minimum absolute atomic E-state index is 0.107. The van der Waals surface area contributed by atoms with Crippen molar-refractivity contribution in [3.05, 3.63) is 41.1 Å². The Labute approximate surface area is 171 Å². The molecule has 1 aliphatic heterocycles. The summed E-state index contributed by atoms with van der Waals surface area (Å²) < 4.78 is 0. The van der Waals surface area contributed by atoms with Crippen molar-refractivity contribution in [3.8, 4) is 11.4 Å². The van der Waals surface area contributed by atoms with Gasteiger partial charge in [0.1, 0.15) is 5.69 Å². The van der Waals surface area contributed by atoms with Crippen molar-refractivity contribution in [1.29, 1.82) is 0 Å². The minimum Gasteiger partial charge on any atom is -0.353 e. The molecule has 2 aromatic heterocycles. The fraction of sp³-hybridized carbons (Fsp3) is 0.478. The number of fused-ring (bicyclic) bond motifs is 2. The molecule has 1 atom stereocenters. The average molecular weight is 392 g/mol. The topological polar surface area (TPSA) is 76.8 Å². The lowest BCUT2D eigenvalue weighted by Crippen LogP contribution is -2.51. The quantitative estimate of drug-likeness (QED) is 0.626. The number of H-pyrrole nitrogens is 2. The number of aromatic amines is 2. The summed E-state index contributed by atoms with van der Waals surface area (Å²) in [7, 11) is 0. The lowest BCUT2D eigenvalue weighted by molar-refractivity contribution is 0.0709. The van der Waals surface area contributed by atoms with Crippen LogP contribution in [0.25, 0.3) is 22.3 Å². The van der Waals surface area contributed by atoms with Gasteiger partial charge in [-0.15, -0.1) is 0 Å². The lowest BCUT2D eigenvalue weighted by Gasteiger charge is -2.32. The van der Waals surface area contributed by atoms with Gasteiger partial charge < -0.3 is 15.2 Å². The molecule has 1 aromatic carbocycles. The van der Waals surface area contributed by atoms with Gasteiger partial charge in [-0.05, 0) is 49.8 Å². The molecule has 152 valence electrons. The highest BCUT2D eigenvalue weighted by atomic mass is 16.2. The van der Waals surface area contributed by atoms with Gasteiger partial charge in [-0.3, -0.25) is 9.89 Å². The van der Waals surface area contributed by atoms with Crippen LogP contribution in [-0.2, 0) is 12.8 Å². The molecule has 6 heteroatoms. The SMILES string of the molecule is C[C@@H]1CN(C(=O)c2ccc3cc(-c4n[nH]c5c4CCC(C)(C)C5)[nH]c3c2)CCN1. The number of benzene rings is 1. The number of nitrogens with one attached hydrogen (secondary N) is 3. The molecular formula is C23H29N5O. The van der Waals surface area contributed by atoms with E-state index >= 15 is 0 Å². The minimum atomic E-state index is 0.107. The van der Waals surface area contributed by atoms with Gasteiger partial charge >= 0.3 is 0 Å². The van der Waals surface area contributed by atoms with Gasteiger partial charge in [0.2, 0.25) is 0 Å². The van der Waals surface area contributed by atoms with E-state index in [1.165, 1.54) is 17.7 Å². The van der Waals surface area contributed by atoms with Crippen LogP contribution in [0.1, 0.15) is 48.8 Å². The van der Waals surface area contributed by atoms with Crippen molar-refractivity contribution in [2.24, 2.45) is 5.41 Å². The van der Waals surface area contributed by atoms with Crippen molar-refractivity contribution in [2.75, 3.05) is 19.6 Å². The molecule has 1 saturated heterocycles. The normalized spacial score (nSPS) is 21.3. The molecule has 5 rings (SSSR count). The first-order valence-corrected chi connectivity index (χ1v) is 10.6. The molecule has 29 heavy (non-hydrogen) atoms. The maximum Gasteiger partial charge on any atom is 0.254 e. The summed E-state index contributed by atoms with van der Waals surface area (Å²) in [6.45, 7) is 9.11. The standard InChI is InChI=1S/C23H29N5O/c1-14-13-28(9-8-24-14)22(29)16-5-4-15-10-19(25-18(15)11-16)21-17-6-7-23(2,3)12-20(17)26-27-21/h4-5,10-11,14,24-25H,6-9,12-13H2,1-3H3,(H,26,27)/t14-/m1/s1. The predicted molar refractivity (Wildman–Crippen MR) is 115 cm³/mol. The Bertz CT molecular complexity index is 1080. The van der Waals surface area contributed by atoms with Crippen LogP contribution in [0.5, 0.6) is 0 Å². The van der Waals surface area contributed by atoms with E-state index in [4.69, 9.17) is 0 Å². The second-order valence-electron chi connectivity index (χ2n) is 9.46. The van der Waals surface area contributed by atoms with Crippen LogP contribution in [0.2, 0.25) is 0 Å². The van der Waals surface area contributed by atoms with E-state index < -0.39 is 0 Å². The molecule has 2 aliphatic rings. The van der Waals surface area contributed by atoms with E-state index in [0.29, 0.717) is 11.5 Å². The largest absolute Gasteiger partial charge is 0.353 e. The molecule has 0 unspecified atom stereocenters. The number of nitrogens with zero attached hydrogens (tertiary/aromatic N) is 2. The first-order chi connectivity index (χ1) is 13.9. The fourth-order valence-electron chi connectivity index (χ4n) is 4.76. The summed E-state index contributed by atoms with van der Waals surface area (Å²) >= 11 is 0. The van der Waals surface area contributed by atoms with Crippen LogP contribution in [-0.4, -0.2) is 51.7 Å². The van der Waals surface area contributed by atoms with Gasteiger partial charge in [0.05, 0.1) is 5.69 Å². The Morgan fingerprint density at radius 3 is 2.97 bits per heavy atom. The zero-order valence-corrected chi connectivity index (χ0v) is 17.4. The third kappa shape index (κ3) is 3.35. The number of piperazine rings is 1.